The second-order valence-corrected chi connectivity index (χ2v) is 5.49. The minimum Gasteiger partial charge on any atom is -0.225 e. The van der Waals surface area contributed by atoms with E-state index in [9.17, 15) is 8.42 Å². The number of unbranched alkanes of at least 4 members (excludes halogenated alkanes) is 3. The lowest BCUT2D eigenvalue weighted by atomic mass is 10.1. The van der Waals surface area contributed by atoms with Gasteiger partial charge >= 0.3 is 0 Å². The number of sulfonamides is 1. The van der Waals surface area contributed by atoms with Crippen molar-refractivity contribution in [2.75, 3.05) is 0 Å². The van der Waals surface area contributed by atoms with E-state index in [0.29, 0.717) is 0 Å². The maximum atomic E-state index is 11.3. The number of primary sulfonamides is 1. The highest BCUT2D eigenvalue weighted by molar-refractivity contribution is 7.89. The zero-order chi connectivity index (χ0) is 12.0. The number of hydrogen-bond acceptors (Lipinski definition) is 2. The standard InChI is InChI=1S/C12H19NO2S/c1-2-3-4-5-8-11-9-6-7-10-12(11)16(13,14)15/h6-7,9-10H,2-5,8H2,1H3,(H2,13,14,15). The van der Waals surface area contributed by atoms with E-state index in [4.69, 9.17) is 5.14 Å². The Morgan fingerprint density at radius 1 is 1.12 bits per heavy atom. The lowest BCUT2D eigenvalue weighted by Gasteiger charge is -2.06. The molecule has 4 heteroatoms. The number of aryl methyl sites for hydroxylation is 1. The Kier molecular flexibility index (Phi) is 4.96. The van der Waals surface area contributed by atoms with Crippen molar-refractivity contribution in [1.29, 1.82) is 0 Å². The Morgan fingerprint density at radius 3 is 2.44 bits per heavy atom. The van der Waals surface area contributed by atoms with Crippen molar-refractivity contribution in [1.82, 2.24) is 0 Å². The zero-order valence-corrected chi connectivity index (χ0v) is 10.5. The van der Waals surface area contributed by atoms with Crippen molar-refractivity contribution in [3.63, 3.8) is 0 Å². The summed E-state index contributed by atoms with van der Waals surface area (Å²) in [4.78, 5) is 0.270. The summed E-state index contributed by atoms with van der Waals surface area (Å²) >= 11 is 0. The predicted octanol–water partition coefficient (Wildman–Crippen LogP) is 2.46. The van der Waals surface area contributed by atoms with Crippen molar-refractivity contribution in [3.05, 3.63) is 29.8 Å². The fraction of sp³-hybridized carbons (Fsp3) is 0.500. The maximum Gasteiger partial charge on any atom is 0.238 e. The van der Waals surface area contributed by atoms with E-state index < -0.39 is 10.0 Å². The molecule has 0 unspecified atom stereocenters. The molecule has 1 rings (SSSR count). The van der Waals surface area contributed by atoms with Gasteiger partial charge in [-0.1, -0.05) is 44.4 Å². The summed E-state index contributed by atoms with van der Waals surface area (Å²) in [5.41, 5.74) is 0.834. The summed E-state index contributed by atoms with van der Waals surface area (Å²) in [6, 6.07) is 6.97. The Hall–Kier alpha value is -0.870. The van der Waals surface area contributed by atoms with Gasteiger partial charge in [-0.15, -0.1) is 0 Å². The van der Waals surface area contributed by atoms with Gasteiger partial charge < -0.3 is 0 Å². The largest absolute Gasteiger partial charge is 0.238 e. The molecule has 0 aliphatic heterocycles. The molecule has 0 radical (unpaired) electrons. The average molecular weight is 241 g/mol. The number of nitrogens with two attached hydrogens (primary N) is 1. The smallest absolute Gasteiger partial charge is 0.225 e. The Morgan fingerprint density at radius 2 is 1.81 bits per heavy atom. The van der Waals surface area contributed by atoms with Crippen LogP contribution in [0.2, 0.25) is 0 Å². The molecule has 16 heavy (non-hydrogen) atoms. The lowest BCUT2D eigenvalue weighted by Crippen LogP contribution is -2.14. The van der Waals surface area contributed by atoms with Crippen LogP contribution in [0.3, 0.4) is 0 Å². The van der Waals surface area contributed by atoms with E-state index in [1.165, 1.54) is 12.8 Å². The second kappa shape index (κ2) is 6.01. The molecule has 90 valence electrons. The molecule has 0 saturated carbocycles. The first-order valence-corrected chi connectivity index (χ1v) is 7.21. The van der Waals surface area contributed by atoms with Crippen molar-refractivity contribution < 1.29 is 8.42 Å². The lowest BCUT2D eigenvalue weighted by molar-refractivity contribution is 0.595. The highest BCUT2D eigenvalue weighted by Crippen LogP contribution is 2.16. The number of hydrogen-bond donors (Lipinski definition) is 1. The summed E-state index contributed by atoms with van der Waals surface area (Å²) in [6.45, 7) is 2.15. The van der Waals surface area contributed by atoms with Crippen LogP contribution >= 0.6 is 0 Å². The van der Waals surface area contributed by atoms with E-state index in [-0.39, 0.29) is 4.90 Å². The van der Waals surface area contributed by atoms with Crippen molar-refractivity contribution >= 4 is 10.0 Å². The number of rotatable bonds is 6. The van der Waals surface area contributed by atoms with Gasteiger partial charge in [0.05, 0.1) is 4.90 Å². The average Bonchev–Trinajstić information content (AvgIpc) is 2.24. The molecule has 0 atom stereocenters. The van der Waals surface area contributed by atoms with Crippen LogP contribution in [0.4, 0.5) is 0 Å². The molecule has 0 saturated heterocycles. The molecule has 0 aliphatic rings. The van der Waals surface area contributed by atoms with E-state index in [2.05, 4.69) is 6.92 Å². The molecule has 0 amide bonds. The van der Waals surface area contributed by atoms with Crippen LogP contribution in [-0.4, -0.2) is 8.42 Å². The zero-order valence-electron chi connectivity index (χ0n) is 9.65. The molecule has 0 spiro atoms. The normalized spacial score (nSPS) is 11.6. The van der Waals surface area contributed by atoms with Gasteiger partial charge in [-0.2, -0.15) is 0 Å². The summed E-state index contributed by atoms with van der Waals surface area (Å²) in [6.07, 6.45) is 5.30. The molecule has 0 heterocycles. The fourth-order valence-electron chi connectivity index (χ4n) is 1.73. The van der Waals surface area contributed by atoms with Crippen LogP contribution < -0.4 is 5.14 Å². The van der Waals surface area contributed by atoms with E-state index in [0.717, 1.165) is 24.8 Å². The van der Waals surface area contributed by atoms with Crippen LogP contribution in [-0.2, 0) is 16.4 Å². The highest BCUT2D eigenvalue weighted by atomic mass is 32.2. The molecular weight excluding hydrogens is 222 g/mol. The van der Waals surface area contributed by atoms with E-state index in [1.54, 1.807) is 12.1 Å². The third-order valence-electron chi connectivity index (χ3n) is 2.58. The molecule has 0 aromatic heterocycles. The van der Waals surface area contributed by atoms with Crippen molar-refractivity contribution in [2.45, 2.75) is 43.9 Å². The first-order valence-electron chi connectivity index (χ1n) is 5.66. The molecule has 1 aromatic rings. The molecule has 3 nitrogen and oxygen atoms in total. The van der Waals surface area contributed by atoms with Crippen molar-refractivity contribution in [3.8, 4) is 0 Å². The molecule has 0 fully saturated rings. The molecule has 0 aliphatic carbocycles. The fourth-order valence-corrected chi connectivity index (χ4v) is 2.53. The summed E-state index contributed by atoms with van der Waals surface area (Å²) in [5, 5.41) is 5.16. The molecule has 2 N–H and O–H groups in total. The van der Waals surface area contributed by atoms with Crippen LogP contribution in [0.5, 0.6) is 0 Å². The van der Waals surface area contributed by atoms with Crippen molar-refractivity contribution in [2.24, 2.45) is 5.14 Å². The van der Waals surface area contributed by atoms with Gasteiger partial charge in [0, 0.05) is 0 Å². The van der Waals surface area contributed by atoms with Gasteiger partial charge in [-0.3, -0.25) is 0 Å². The van der Waals surface area contributed by atoms with Crippen LogP contribution in [0.1, 0.15) is 38.2 Å². The summed E-state index contributed by atoms with van der Waals surface area (Å²) in [7, 11) is -3.58. The maximum absolute atomic E-state index is 11.3. The third kappa shape index (κ3) is 3.94. The van der Waals surface area contributed by atoms with Gasteiger partial charge in [0.15, 0.2) is 0 Å². The van der Waals surface area contributed by atoms with Gasteiger partial charge in [-0.25, -0.2) is 13.6 Å². The predicted molar refractivity (Wildman–Crippen MR) is 65.7 cm³/mol. The molecular formula is C12H19NO2S. The summed E-state index contributed by atoms with van der Waals surface area (Å²) in [5.74, 6) is 0. The van der Waals surface area contributed by atoms with E-state index >= 15 is 0 Å². The van der Waals surface area contributed by atoms with Gasteiger partial charge in [0.2, 0.25) is 10.0 Å². The minimum atomic E-state index is -3.58. The highest BCUT2D eigenvalue weighted by Gasteiger charge is 2.12. The minimum absolute atomic E-state index is 0.270. The summed E-state index contributed by atoms with van der Waals surface area (Å²) < 4.78 is 22.6. The third-order valence-corrected chi connectivity index (χ3v) is 3.59. The van der Waals surface area contributed by atoms with Gasteiger partial charge in [-0.05, 0) is 24.5 Å². The van der Waals surface area contributed by atoms with E-state index in [1.807, 2.05) is 12.1 Å². The molecule has 1 aromatic carbocycles. The monoisotopic (exact) mass is 241 g/mol. The Bertz CT molecular complexity index is 426. The number of benzene rings is 1. The van der Waals surface area contributed by atoms with Crippen LogP contribution in [0.25, 0.3) is 0 Å². The second-order valence-electron chi connectivity index (χ2n) is 3.96. The quantitative estimate of drug-likeness (QED) is 0.778. The van der Waals surface area contributed by atoms with Gasteiger partial charge in [0.1, 0.15) is 0 Å². The first-order chi connectivity index (χ1) is 7.55. The Labute approximate surface area is 97.7 Å². The van der Waals surface area contributed by atoms with Crippen LogP contribution in [0, 0.1) is 0 Å². The molecule has 0 bridgehead atoms. The topological polar surface area (TPSA) is 60.2 Å². The van der Waals surface area contributed by atoms with Gasteiger partial charge in [0.25, 0.3) is 0 Å². The van der Waals surface area contributed by atoms with Crippen LogP contribution in [0.15, 0.2) is 29.2 Å². The Balaban J connectivity index is 2.73. The first kappa shape index (κ1) is 13.2. The SMILES string of the molecule is CCCCCCc1ccccc1S(N)(=O)=O.